The Morgan fingerprint density at radius 1 is 1.35 bits per heavy atom. The van der Waals surface area contributed by atoms with E-state index in [-0.39, 0.29) is 30.9 Å². The average molecular weight is 242 g/mol. The first-order valence-corrected chi connectivity index (χ1v) is 5.83. The highest BCUT2D eigenvalue weighted by atomic mass is 16.8. The van der Waals surface area contributed by atoms with Crippen LogP contribution in [0.5, 0.6) is 0 Å². The van der Waals surface area contributed by atoms with E-state index in [0.717, 1.165) is 0 Å². The summed E-state index contributed by atoms with van der Waals surface area (Å²) < 4.78 is 21.6. The van der Waals surface area contributed by atoms with E-state index in [1.54, 1.807) is 6.92 Å². The molecule has 1 aliphatic heterocycles. The fraction of sp³-hybridized carbons (Fsp3) is 0.750. The van der Waals surface area contributed by atoms with Crippen LogP contribution in [0.15, 0.2) is 12.2 Å². The fourth-order valence-electron chi connectivity index (χ4n) is 2.07. The van der Waals surface area contributed by atoms with Crippen LogP contribution in [0.2, 0.25) is 0 Å². The van der Waals surface area contributed by atoms with Crippen LogP contribution in [0.1, 0.15) is 20.8 Å². The molecule has 0 radical (unpaired) electrons. The molecule has 0 N–H and O–H groups in total. The first-order valence-electron chi connectivity index (χ1n) is 5.83. The molecule has 3 atom stereocenters. The summed E-state index contributed by atoms with van der Waals surface area (Å²) in [5, 5.41) is 0. The van der Waals surface area contributed by atoms with Gasteiger partial charge in [0.15, 0.2) is 5.79 Å². The molecule has 0 unspecified atom stereocenters. The molecule has 2 rings (SSSR count). The molecule has 5 nitrogen and oxygen atoms in total. The summed E-state index contributed by atoms with van der Waals surface area (Å²) in [6.07, 6.45) is 3.28. The molecular weight excluding hydrogens is 224 g/mol. The van der Waals surface area contributed by atoms with Gasteiger partial charge in [0, 0.05) is 0 Å². The van der Waals surface area contributed by atoms with Crippen molar-refractivity contribution in [1.82, 2.24) is 0 Å². The number of hydrogen-bond acceptors (Lipinski definition) is 5. The van der Waals surface area contributed by atoms with E-state index in [4.69, 9.17) is 18.9 Å². The lowest BCUT2D eigenvalue weighted by Gasteiger charge is -2.20. The van der Waals surface area contributed by atoms with Crippen LogP contribution in [-0.2, 0) is 23.7 Å². The second kappa shape index (κ2) is 4.76. The Kier molecular flexibility index (Phi) is 3.51. The predicted octanol–water partition coefficient (Wildman–Crippen LogP) is 1.02. The minimum Gasteiger partial charge on any atom is -0.464 e. The van der Waals surface area contributed by atoms with Crippen molar-refractivity contribution in [3.8, 4) is 0 Å². The van der Waals surface area contributed by atoms with Crippen molar-refractivity contribution in [2.75, 3.05) is 13.2 Å². The molecule has 0 aromatic heterocycles. The lowest BCUT2D eigenvalue weighted by Crippen LogP contribution is -2.32. The van der Waals surface area contributed by atoms with E-state index in [2.05, 4.69) is 0 Å². The second-order valence-electron chi connectivity index (χ2n) is 4.53. The third kappa shape index (κ3) is 2.86. The van der Waals surface area contributed by atoms with Crippen molar-refractivity contribution >= 4 is 5.97 Å². The van der Waals surface area contributed by atoms with Crippen LogP contribution in [0, 0.1) is 0 Å². The van der Waals surface area contributed by atoms with E-state index in [1.807, 2.05) is 26.0 Å². The summed E-state index contributed by atoms with van der Waals surface area (Å²) in [7, 11) is 0. The lowest BCUT2D eigenvalue weighted by molar-refractivity contribution is -0.162. The number of esters is 1. The predicted molar refractivity (Wildman–Crippen MR) is 59.3 cm³/mol. The monoisotopic (exact) mass is 242 g/mol. The SMILES string of the molecule is CCOC(=O)CO[C@H]1C=C[C@@H]2OC(C)(C)O[C@H]12. The largest absolute Gasteiger partial charge is 0.464 e. The average Bonchev–Trinajstić information content (AvgIpc) is 2.71. The molecule has 1 heterocycles. The first-order chi connectivity index (χ1) is 8.02. The van der Waals surface area contributed by atoms with E-state index in [0.29, 0.717) is 6.61 Å². The quantitative estimate of drug-likeness (QED) is 0.544. The van der Waals surface area contributed by atoms with Gasteiger partial charge in [-0.1, -0.05) is 12.2 Å². The minimum atomic E-state index is -0.592. The summed E-state index contributed by atoms with van der Waals surface area (Å²) in [6, 6.07) is 0. The van der Waals surface area contributed by atoms with E-state index >= 15 is 0 Å². The van der Waals surface area contributed by atoms with Gasteiger partial charge in [-0.25, -0.2) is 4.79 Å². The van der Waals surface area contributed by atoms with Gasteiger partial charge in [-0.15, -0.1) is 0 Å². The molecule has 1 saturated heterocycles. The van der Waals surface area contributed by atoms with Gasteiger partial charge in [0.2, 0.25) is 0 Å². The highest BCUT2D eigenvalue weighted by Crippen LogP contribution is 2.35. The van der Waals surface area contributed by atoms with Gasteiger partial charge in [0.1, 0.15) is 24.9 Å². The molecule has 2 aliphatic rings. The summed E-state index contributed by atoms with van der Waals surface area (Å²) in [6.45, 7) is 5.79. The molecule has 1 aliphatic carbocycles. The van der Waals surface area contributed by atoms with Crippen molar-refractivity contribution < 1.29 is 23.7 Å². The van der Waals surface area contributed by atoms with Crippen LogP contribution in [0.25, 0.3) is 0 Å². The van der Waals surface area contributed by atoms with Gasteiger partial charge in [-0.05, 0) is 20.8 Å². The fourth-order valence-corrected chi connectivity index (χ4v) is 2.07. The number of carbonyl (C=O) groups is 1. The van der Waals surface area contributed by atoms with Crippen LogP contribution < -0.4 is 0 Å². The highest BCUT2D eigenvalue weighted by molar-refractivity contribution is 5.70. The zero-order chi connectivity index (χ0) is 12.5. The molecule has 0 aromatic rings. The van der Waals surface area contributed by atoms with E-state index < -0.39 is 5.79 Å². The standard InChI is InChI=1S/C12H18O5/c1-4-14-10(13)7-15-8-5-6-9-11(8)17-12(2,3)16-9/h5-6,8-9,11H,4,7H2,1-3H3/t8-,9-,11+/m0/s1. The molecule has 1 fully saturated rings. The zero-order valence-corrected chi connectivity index (χ0v) is 10.3. The number of hydrogen-bond donors (Lipinski definition) is 0. The first kappa shape index (κ1) is 12.5. The summed E-state index contributed by atoms with van der Waals surface area (Å²) >= 11 is 0. The van der Waals surface area contributed by atoms with E-state index in [1.165, 1.54) is 0 Å². The lowest BCUT2D eigenvalue weighted by atomic mass is 10.2. The maximum absolute atomic E-state index is 11.2. The second-order valence-corrected chi connectivity index (χ2v) is 4.53. The number of fused-ring (bicyclic) bond motifs is 1. The van der Waals surface area contributed by atoms with Crippen LogP contribution >= 0.6 is 0 Å². The van der Waals surface area contributed by atoms with Gasteiger partial charge < -0.3 is 18.9 Å². The summed E-state index contributed by atoms with van der Waals surface area (Å²) in [5.74, 6) is -0.950. The molecule has 0 bridgehead atoms. The molecule has 0 spiro atoms. The van der Waals surface area contributed by atoms with Crippen molar-refractivity contribution in [3.63, 3.8) is 0 Å². The third-order valence-corrected chi connectivity index (χ3v) is 2.68. The maximum Gasteiger partial charge on any atom is 0.332 e. The summed E-state index contributed by atoms with van der Waals surface area (Å²) in [4.78, 5) is 11.2. The Bertz CT molecular complexity index is 323. The topological polar surface area (TPSA) is 54.0 Å². The smallest absolute Gasteiger partial charge is 0.332 e. The number of carbonyl (C=O) groups excluding carboxylic acids is 1. The zero-order valence-electron chi connectivity index (χ0n) is 10.3. The summed E-state index contributed by atoms with van der Waals surface area (Å²) in [5.41, 5.74) is 0. The molecular formula is C12H18O5. The van der Waals surface area contributed by atoms with Crippen LogP contribution in [0.4, 0.5) is 0 Å². The van der Waals surface area contributed by atoms with Gasteiger partial charge in [-0.2, -0.15) is 0 Å². The van der Waals surface area contributed by atoms with Crippen molar-refractivity contribution in [2.45, 2.75) is 44.9 Å². The molecule has 5 heteroatoms. The van der Waals surface area contributed by atoms with Crippen LogP contribution in [0.3, 0.4) is 0 Å². The van der Waals surface area contributed by atoms with Crippen molar-refractivity contribution in [3.05, 3.63) is 12.2 Å². The van der Waals surface area contributed by atoms with Crippen molar-refractivity contribution in [1.29, 1.82) is 0 Å². The van der Waals surface area contributed by atoms with Crippen LogP contribution in [-0.4, -0.2) is 43.3 Å². The minimum absolute atomic E-state index is 0.0597. The van der Waals surface area contributed by atoms with Gasteiger partial charge in [-0.3, -0.25) is 0 Å². The van der Waals surface area contributed by atoms with Gasteiger partial charge >= 0.3 is 5.97 Å². The van der Waals surface area contributed by atoms with Gasteiger partial charge in [0.25, 0.3) is 0 Å². The Morgan fingerprint density at radius 2 is 2.12 bits per heavy atom. The normalized spacial score (nSPS) is 33.7. The number of rotatable bonds is 4. The molecule has 17 heavy (non-hydrogen) atoms. The van der Waals surface area contributed by atoms with E-state index in [9.17, 15) is 4.79 Å². The Balaban J connectivity index is 1.84. The Morgan fingerprint density at radius 3 is 2.82 bits per heavy atom. The van der Waals surface area contributed by atoms with Crippen molar-refractivity contribution in [2.24, 2.45) is 0 Å². The maximum atomic E-state index is 11.2. The molecule has 0 amide bonds. The molecule has 96 valence electrons. The highest BCUT2D eigenvalue weighted by Gasteiger charge is 2.46. The van der Waals surface area contributed by atoms with Gasteiger partial charge in [0.05, 0.1) is 6.61 Å². The Hall–Kier alpha value is -0.910. The number of ether oxygens (including phenoxy) is 4. The molecule has 0 saturated carbocycles. The third-order valence-electron chi connectivity index (χ3n) is 2.68. The molecule has 0 aromatic carbocycles. The Labute approximate surface area is 101 Å².